The molecule has 1 aliphatic rings. The molecular weight excluding hydrogens is 324 g/mol. The van der Waals surface area contributed by atoms with E-state index in [1.807, 2.05) is 0 Å². The fourth-order valence-corrected chi connectivity index (χ4v) is 4.26. The normalized spacial score (nSPS) is 23.1. The maximum absolute atomic E-state index is 12.5. The number of ether oxygens (including phenoxy) is 1. The molecule has 1 rings (SSSR count). The predicted octanol–water partition coefficient (Wildman–Crippen LogP) is 6.39. The van der Waals surface area contributed by atoms with Crippen molar-refractivity contribution >= 4 is 5.97 Å². The van der Waals surface area contributed by atoms with Gasteiger partial charge in [0.25, 0.3) is 0 Å². The molecule has 2 atom stereocenters. The molecule has 0 bridgehead atoms. The second kappa shape index (κ2) is 11.6. The first-order valence-electron chi connectivity index (χ1n) is 10.6. The summed E-state index contributed by atoms with van der Waals surface area (Å²) in [6.45, 7) is 9.39. The van der Waals surface area contributed by atoms with Crippen LogP contribution in [0.4, 0.5) is 0 Å². The Hall–Kier alpha value is -1.09. The van der Waals surface area contributed by atoms with Gasteiger partial charge in [0.05, 0.1) is 5.41 Å². The summed E-state index contributed by atoms with van der Waals surface area (Å²) in [4.78, 5) is 12.5. The van der Waals surface area contributed by atoms with Gasteiger partial charge in [-0.15, -0.1) is 0 Å². The first kappa shape index (κ1) is 23.0. The zero-order valence-electron chi connectivity index (χ0n) is 17.6. The third-order valence-electron chi connectivity index (χ3n) is 5.83. The molecule has 0 radical (unpaired) electrons. The topological polar surface area (TPSA) is 46.5 Å². The zero-order chi connectivity index (χ0) is 19.6. The lowest BCUT2D eigenvalue weighted by molar-refractivity contribution is -0.149. The van der Waals surface area contributed by atoms with Crippen molar-refractivity contribution in [3.8, 4) is 0 Å². The molecule has 0 aromatic rings. The van der Waals surface area contributed by atoms with Gasteiger partial charge in [-0.3, -0.25) is 4.79 Å². The monoisotopic (exact) mass is 364 g/mol. The van der Waals surface area contributed by atoms with Gasteiger partial charge in [-0.1, -0.05) is 83.1 Å². The fourth-order valence-electron chi connectivity index (χ4n) is 4.26. The van der Waals surface area contributed by atoms with Crippen LogP contribution in [0.2, 0.25) is 0 Å². The summed E-state index contributed by atoms with van der Waals surface area (Å²) in [7, 11) is 1.70. The average Bonchev–Trinajstić information content (AvgIpc) is 2.62. The number of aliphatic carboxylic acids is 1. The van der Waals surface area contributed by atoms with Gasteiger partial charge in [-0.05, 0) is 31.6 Å². The first-order chi connectivity index (χ1) is 12.4. The summed E-state index contributed by atoms with van der Waals surface area (Å²) >= 11 is 0. The van der Waals surface area contributed by atoms with Crippen LogP contribution in [0.5, 0.6) is 0 Å². The summed E-state index contributed by atoms with van der Waals surface area (Å²) in [5.74, 6) is 0.145. The van der Waals surface area contributed by atoms with E-state index in [1.54, 1.807) is 7.11 Å². The maximum Gasteiger partial charge on any atom is 0.314 e. The van der Waals surface area contributed by atoms with Gasteiger partial charge in [0.1, 0.15) is 0 Å². The van der Waals surface area contributed by atoms with Crippen LogP contribution in [0.3, 0.4) is 0 Å². The highest BCUT2D eigenvalue weighted by Gasteiger charge is 2.46. The van der Waals surface area contributed by atoms with Crippen LogP contribution in [0.25, 0.3) is 0 Å². The Bertz CT molecular complexity index is 490. The molecule has 0 saturated carbocycles. The SMILES string of the molecule is CCC1=CC(CCCCCCC(C)C)(C(=O)O)C(CCOC)C(CC)=C1. The quantitative estimate of drug-likeness (QED) is 0.385. The van der Waals surface area contributed by atoms with Gasteiger partial charge >= 0.3 is 5.97 Å². The zero-order valence-corrected chi connectivity index (χ0v) is 17.6. The third kappa shape index (κ3) is 6.26. The lowest BCUT2D eigenvalue weighted by atomic mass is 9.63. The third-order valence-corrected chi connectivity index (χ3v) is 5.83. The first-order valence-corrected chi connectivity index (χ1v) is 10.6. The molecule has 150 valence electrons. The number of rotatable bonds is 13. The van der Waals surface area contributed by atoms with Gasteiger partial charge in [0.2, 0.25) is 0 Å². The van der Waals surface area contributed by atoms with Crippen molar-refractivity contribution in [2.24, 2.45) is 17.3 Å². The Labute approximate surface area is 160 Å². The number of carboxylic acids is 1. The minimum Gasteiger partial charge on any atom is -0.481 e. The number of hydrogen-bond donors (Lipinski definition) is 1. The summed E-state index contributed by atoms with van der Waals surface area (Å²) < 4.78 is 5.30. The molecule has 0 spiro atoms. The van der Waals surface area contributed by atoms with E-state index in [1.165, 1.54) is 30.4 Å². The van der Waals surface area contributed by atoms with E-state index in [-0.39, 0.29) is 5.92 Å². The van der Waals surface area contributed by atoms with E-state index in [0.29, 0.717) is 6.61 Å². The number of hydrogen-bond acceptors (Lipinski definition) is 2. The Balaban J connectivity index is 2.91. The van der Waals surface area contributed by atoms with Crippen molar-refractivity contribution in [2.45, 2.75) is 85.5 Å². The second-order valence-corrected chi connectivity index (χ2v) is 8.17. The number of allylic oxidation sites excluding steroid dienone is 3. The van der Waals surface area contributed by atoms with Crippen LogP contribution >= 0.6 is 0 Å². The summed E-state index contributed by atoms with van der Waals surface area (Å²) in [5.41, 5.74) is 1.70. The van der Waals surface area contributed by atoms with Gasteiger partial charge in [0.15, 0.2) is 0 Å². The molecule has 1 aliphatic carbocycles. The van der Waals surface area contributed by atoms with Crippen molar-refractivity contribution in [1.29, 1.82) is 0 Å². The lowest BCUT2D eigenvalue weighted by Gasteiger charge is -2.40. The van der Waals surface area contributed by atoms with Crippen LogP contribution in [0.1, 0.15) is 85.5 Å². The molecular formula is C23H40O3. The van der Waals surface area contributed by atoms with E-state index in [2.05, 4.69) is 39.8 Å². The largest absolute Gasteiger partial charge is 0.481 e. The average molecular weight is 365 g/mol. The van der Waals surface area contributed by atoms with Crippen LogP contribution < -0.4 is 0 Å². The minimum atomic E-state index is -0.762. The molecule has 0 aliphatic heterocycles. The van der Waals surface area contributed by atoms with Crippen molar-refractivity contribution < 1.29 is 14.6 Å². The highest BCUT2D eigenvalue weighted by atomic mass is 16.5. The van der Waals surface area contributed by atoms with Gasteiger partial charge < -0.3 is 9.84 Å². The van der Waals surface area contributed by atoms with Crippen LogP contribution in [0.15, 0.2) is 23.3 Å². The van der Waals surface area contributed by atoms with Crippen molar-refractivity contribution in [1.82, 2.24) is 0 Å². The van der Waals surface area contributed by atoms with Crippen LogP contribution in [-0.4, -0.2) is 24.8 Å². The van der Waals surface area contributed by atoms with Crippen molar-refractivity contribution in [3.63, 3.8) is 0 Å². The smallest absolute Gasteiger partial charge is 0.314 e. The molecule has 3 heteroatoms. The Morgan fingerprint density at radius 2 is 1.88 bits per heavy atom. The number of carbonyl (C=O) groups is 1. The molecule has 0 fully saturated rings. The number of methoxy groups -OCH3 is 1. The standard InChI is InChI=1S/C23H40O3/c1-6-19-16-20(7-2)21(13-15-26-5)23(17-19,22(24)25)14-11-9-8-10-12-18(3)4/h16-18,21H,6-15H2,1-5H3,(H,24,25). The van der Waals surface area contributed by atoms with E-state index >= 15 is 0 Å². The van der Waals surface area contributed by atoms with E-state index in [4.69, 9.17) is 4.74 Å². The fraction of sp³-hybridized carbons (Fsp3) is 0.783. The Morgan fingerprint density at radius 1 is 1.19 bits per heavy atom. The molecule has 3 nitrogen and oxygen atoms in total. The second-order valence-electron chi connectivity index (χ2n) is 8.17. The highest BCUT2D eigenvalue weighted by molar-refractivity contribution is 5.79. The Morgan fingerprint density at radius 3 is 2.42 bits per heavy atom. The molecule has 1 N–H and O–H groups in total. The van der Waals surface area contributed by atoms with Crippen molar-refractivity contribution in [2.75, 3.05) is 13.7 Å². The maximum atomic E-state index is 12.5. The van der Waals surface area contributed by atoms with Gasteiger partial charge in [-0.25, -0.2) is 0 Å². The van der Waals surface area contributed by atoms with E-state index in [0.717, 1.165) is 44.4 Å². The van der Waals surface area contributed by atoms with Crippen molar-refractivity contribution in [3.05, 3.63) is 23.3 Å². The Kier molecular flexibility index (Phi) is 10.2. The molecule has 2 unspecified atom stereocenters. The highest BCUT2D eigenvalue weighted by Crippen LogP contribution is 2.47. The number of carboxylic acid groups (broad SMARTS) is 1. The van der Waals surface area contributed by atoms with E-state index < -0.39 is 11.4 Å². The summed E-state index contributed by atoms with van der Waals surface area (Å²) in [6.07, 6.45) is 13.5. The predicted molar refractivity (Wildman–Crippen MR) is 109 cm³/mol. The molecule has 0 saturated heterocycles. The number of unbranched alkanes of at least 4 members (excludes halogenated alkanes) is 3. The van der Waals surface area contributed by atoms with E-state index in [9.17, 15) is 9.90 Å². The summed E-state index contributed by atoms with van der Waals surface area (Å²) in [6, 6.07) is 0. The van der Waals surface area contributed by atoms with Gasteiger partial charge in [0, 0.05) is 19.6 Å². The molecule has 0 aromatic heterocycles. The molecule has 26 heavy (non-hydrogen) atoms. The van der Waals surface area contributed by atoms with Gasteiger partial charge in [-0.2, -0.15) is 0 Å². The molecule has 0 aromatic carbocycles. The molecule has 0 heterocycles. The van der Waals surface area contributed by atoms with Crippen LogP contribution in [-0.2, 0) is 9.53 Å². The lowest BCUT2D eigenvalue weighted by Crippen LogP contribution is -2.40. The minimum absolute atomic E-state index is 0.0518. The van der Waals surface area contributed by atoms with Crippen LogP contribution in [0, 0.1) is 17.3 Å². The summed E-state index contributed by atoms with van der Waals surface area (Å²) in [5, 5.41) is 10.2. The molecule has 0 amide bonds.